The second kappa shape index (κ2) is 8.26. The lowest BCUT2D eigenvalue weighted by Crippen LogP contribution is -2.37. The Morgan fingerprint density at radius 2 is 2.05 bits per heavy atom. The fraction of sp³-hybridized carbons (Fsp3) is 0.286. The first-order valence-electron chi connectivity index (χ1n) is 6.48. The molecule has 0 saturated carbocycles. The monoisotopic (exact) mass is 390 g/mol. The van der Waals surface area contributed by atoms with Crippen molar-refractivity contribution in [2.75, 3.05) is 13.6 Å². The summed E-state index contributed by atoms with van der Waals surface area (Å²) >= 11 is 3.32. The topological polar surface area (TPSA) is 58.9 Å². The molecule has 0 radical (unpaired) electrons. The van der Waals surface area contributed by atoms with Crippen molar-refractivity contribution >= 4 is 34.2 Å². The van der Waals surface area contributed by atoms with Crippen LogP contribution in [0.4, 0.5) is 4.39 Å². The average molecular weight is 392 g/mol. The highest BCUT2D eigenvalue weighted by molar-refractivity contribution is 9.10. The van der Waals surface area contributed by atoms with E-state index in [-0.39, 0.29) is 30.2 Å². The van der Waals surface area contributed by atoms with Gasteiger partial charge in [0.15, 0.2) is 5.69 Å². The van der Waals surface area contributed by atoms with E-state index < -0.39 is 0 Å². The fourth-order valence-electron chi connectivity index (χ4n) is 1.66. The molecule has 0 aliphatic heterocycles. The van der Waals surface area contributed by atoms with Gasteiger partial charge >= 0.3 is 0 Å². The van der Waals surface area contributed by atoms with Gasteiger partial charge in [0.2, 0.25) is 0 Å². The molecule has 5 nitrogen and oxygen atoms in total. The summed E-state index contributed by atoms with van der Waals surface area (Å²) in [6.45, 7) is 2.47. The van der Waals surface area contributed by atoms with E-state index in [0.29, 0.717) is 22.4 Å². The van der Waals surface area contributed by atoms with E-state index in [4.69, 9.17) is 0 Å². The van der Waals surface area contributed by atoms with Gasteiger partial charge in [-0.3, -0.25) is 4.79 Å². The normalized spacial score (nSPS) is 11.6. The van der Waals surface area contributed by atoms with Crippen LogP contribution in [0, 0.1) is 5.82 Å². The van der Waals surface area contributed by atoms with Crippen LogP contribution in [-0.4, -0.2) is 35.3 Å². The molecule has 0 bridgehead atoms. The van der Waals surface area contributed by atoms with Crippen LogP contribution < -0.4 is 10.6 Å². The second-order valence-electron chi connectivity index (χ2n) is 4.65. The summed E-state index contributed by atoms with van der Waals surface area (Å²) in [7, 11) is 1.83. The molecule has 2 aromatic rings. The summed E-state index contributed by atoms with van der Waals surface area (Å²) in [5.74, 6) is -0.575. The van der Waals surface area contributed by atoms with E-state index in [2.05, 4.69) is 31.7 Å². The van der Waals surface area contributed by atoms with Crippen molar-refractivity contribution in [3.8, 4) is 5.69 Å². The molecule has 1 amide bonds. The van der Waals surface area contributed by atoms with Gasteiger partial charge in [-0.2, -0.15) is 5.10 Å². The smallest absolute Gasteiger partial charge is 0.273 e. The third kappa shape index (κ3) is 4.53. The zero-order chi connectivity index (χ0) is 15.4. The molecule has 0 spiro atoms. The lowest BCUT2D eigenvalue weighted by atomic mass is 10.3. The zero-order valence-corrected chi connectivity index (χ0v) is 14.5. The predicted molar refractivity (Wildman–Crippen MR) is 89.3 cm³/mol. The summed E-state index contributed by atoms with van der Waals surface area (Å²) in [6.07, 6.45) is 1.67. The molecule has 2 rings (SSSR count). The highest BCUT2D eigenvalue weighted by atomic mass is 79.9. The number of benzene rings is 1. The highest BCUT2D eigenvalue weighted by Gasteiger charge is 2.16. The molecule has 1 atom stereocenters. The van der Waals surface area contributed by atoms with E-state index >= 15 is 0 Å². The summed E-state index contributed by atoms with van der Waals surface area (Å²) in [5, 5.41) is 10.1. The SMILES string of the molecule is CNC(C)CNC(=O)c1nn(-c2ccc(F)cc2)cc1Br.Cl. The standard InChI is InChI=1S/C14H16BrFN4O.ClH/c1-9(17-2)7-18-14(21)13-12(15)8-20(19-13)11-5-3-10(16)4-6-11;/h3-6,8-9,17H,7H2,1-2H3,(H,18,21);1H. The van der Waals surface area contributed by atoms with Gasteiger partial charge in [-0.1, -0.05) is 0 Å². The van der Waals surface area contributed by atoms with Crippen LogP contribution in [0.25, 0.3) is 5.69 Å². The Morgan fingerprint density at radius 3 is 2.64 bits per heavy atom. The summed E-state index contributed by atoms with van der Waals surface area (Å²) in [5.41, 5.74) is 0.974. The number of carbonyl (C=O) groups excluding carboxylic acids is 1. The molecule has 8 heteroatoms. The van der Waals surface area contributed by atoms with Gasteiger partial charge in [-0.15, -0.1) is 12.4 Å². The number of hydrogen-bond acceptors (Lipinski definition) is 3. The zero-order valence-electron chi connectivity index (χ0n) is 12.1. The number of nitrogens with one attached hydrogen (secondary N) is 2. The maximum Gasteiger partial charge on any atom is 0.273 e. The lowest BCUT2D eigenvalue weighted by Gasteiger charge is -2.10. The van der Waals surface area contributed by atoms with Gasteiger partial charge in [0, 0.05) is 18.8 Å². The van der Waals surface area contributed by atoms with Gasteiger partial charge in [0.05, 0.1) is 10.2 Å². The largest absolute Gasteiger partial charge is 0.349 e. The molecular formula is C14H17BrClFN4O. The Morgan fingerprint density at radius 1 is 1.41 bits per heavy atom. The number of rotatable bonds is 5. The molecular weight excluding hydrogens is 375 g/mol. The Balaban J connectivity index is 0.00000242. The molecule has 120 valence electrons. The summed E-state index contributed by atoms with van der Waals surface area (Å²) in [4.78, 5) is 12.1. The molecule has 1 unspecified atom stereocenters. The third-order valence-corrected chi connectivity index (χ3v) is 3.62. The number of carbonyl (C=O) groups is 1. The summed E-state index contributed by atoms with van der Waals surface area (Å²) in [6, 6.07) is 6.06. The van der Waals surface area contributed by atoms with Crippen LogP contribution in [-0.2, 0) is 0 Å². The van der Waals surface area contributed by atoms with Crippen LogP contribution in [0.2, 0.25) is 0 Å². The van der Waals surface area contributed by atoms with E-state index in [1.807, 2.05) is 14.0 Å². The van der Waals surface area contributed by atoms with Gasteiger partial charge in [-0.05, 0) is 54.2 Å². The second-order valence-corrected chi connectivity index (χ2v) is 5.50. The number of nitrogens with zero attached hydrogens (tertiary/aromatic N) is 2. The van der Waals surface area contributed by atoms with Crippen molar-refractivity contribution in [1.82, 2.24) is 20.4 Å². The minimum Gasteiger partial charge on any atom is -0.349 e. The Kier molecular flexibility index (Phi) is 6.99. The molecule has 1 aromatic heterocycles. The number of aromatic nitrogens is 2. The number of halogens is 3. The molecule has 22 heavy (non-hydrogen) atoms. The fourth-order valence-corrected chi connectivity index (χ4v) is 2.12. The van der Waals surface area contributed by atoms with Crippen molar-refractivity contribution < 1.29 is 9.18 Å². The Bertz CT molecular complexity index is 632. The Hall–Kier alpha value is -1.44. The van der Waals surface area contributed by atoms with Gasteiger partial charge in [0.1, 0.15) is 5.82 Å². The first kappa shape index (κ1) is 18.6. The first-order chi connectivity index (χ1) is 10.0. The molecule has 1 heterocycles. The molecule has 2 N–H and O–H groups in total. The van der Waals surface area contributed by atoms with Crippen molar-refractivity contribution in [3.05, 3.63) is 46.4 Å². The number of hydrogen-bond donors (Lipinski definition) is 2. The quantitative estimate of drug-likeness (QED) is 0.823. The van der Waals surface area contributed by atoms with Crippen LogP contribution in [0.5, 0.6) is 0 Å². The van der Waals surface area contributed by atoms with E-state index in [1.165, 1.54) is 16.8 Å². The van der Waals surface area contributed by atoms with E-state index in [0.717, 1.165) is 0 Å². The van der Waals surface area contributed by atoms with Crippen molar-refractivity contribution in [2.45, 2.75) is 13.0 Å². The number of amides is 1. The average Bonchev–Trinajstić information content (AvgIpc) is 2.87. The van der Waals surface area contributed by atoms with E-state index in [9.17, 15) is 9.18 Å². The van der Waals surface area contributed by atoms with Crippen LogP contribution >= 0.6 is 28.3 Å². The van der Waals surface area contributed by atoms with Crippen LogP contribution in [0.3, 0.4) is 0 Å². The molecule has 0 fully saturated rings. The van der Waals surface area contributed by atoms with E-state index in [1.54, 1.807) is 18.3 Å². The minimum atomic E-state index is -0.316. The molecule has 0 aliphatic rings. The third-order valence-electron chi connectivity index (χ3n) is 3.04. The first-order valence-corrected chi connectivity index (χ1v) is 7.27. The maximum absolute atomic E-state index is 12.9. The minimum absolute atomic E-state index is 0. The van der Waals surface area contributed by atoms with Crippen LogP contribution in [0.1, 0.15) is 17.4 Å². The molecule has 1 aromatic carbocycles. The van der Waals surface area contributed by atoms with Crippen molar-refractivity contribution in [2.24, 2.45) is 0 Å². The Labute approximate surface area is 142 Å². The number of likely N-dealkylation sites (N-methyl/N-ethyl adjacent to an activating group) is 1. The van der Waals surface area contributed by atoms with Crippen LogP contribution in [0.15, 0.2) is 34.9 Å². The van der Waals surface area contributed by atoms with Crippen molar-refractivity contribution in [3.63, 3.8) is 0 Å². The van der Waals surface area contributed by atoms with Gasteiger partial charge in [0.25, 0.3) is 5.91 Å². The van der Waals surface area contributed by atoms with Gasteiger partial charge in [-0.25, -0.2) is 9.07 Å². The lowest BCUT2D eigenvalue weighted by molar-refractivity contribution is 0.0944. The highest BCUT2D eigenvalue weighted by Crippen LogP contribution is 2.18. The molecule has 0 aliphatic carbocycles. The van der Waals surface area contributed by atoms with Crippen molar-refractivity contribution in [1.29, 1.82) is 0 Å². The van der Waals surface area contributed by atoms with Gasteiger partial charge < -0.3 is 10.6 Å². The summed E-state index contributed by atoms with van der Waals surface area (Å²) < 4.78 is 15.0. The molecule has 0 saturated heterocycles. The maximum atomic E-state index is 12.9. The predicted octanol–water partition coefficient (Wildman–Crippen LogP) is 2.53.